The van der Waals surface area contributed by atoms with E-state index in [1.807, 2.05) is 50.2 Å². The van der Waals surface area contributed by atoms with Crippen LogP contribution in [0.15, 0.2) is 59.9 Å². The van der Waals surface area contributed by atoms with E-state index >= 15 is 0 Å². The number of allylic oxidation sites excluding steroid dienone is 2. The second kappa shape index (κ2) is 7.82. The van der Waals surface area contributed by atoms with Crippen molar-refractivity contribution in [3.63, 3.8) is 0 Å². The molecule has 1 aromatic carbocycles. The summed E-state index contributed by atoms with van der Waals surface area (Å²) in [5.74, 6) is -2.09. The number of fused-ring (bicyclic) bond motifs is 2. The number of nitrogens with zero attached hydrogens (tertiary/aromatic N) is 1. The Morgan fingerprint density at radius 2 is 1.55 bits per heavy atom. The molecule has 2 aliphatic rings. The molecule has 5 nitrogen and oxygen atoms in total. The minimum absolute atomic E-state index is 0.000915. The van der Waals surface area contributed by atoms with Gasteiger partial charge >= 0.3 is 5.97 Å². The molecule has 1 heterocycles. The van der Waals surface area contributed by atoms with E-state index in [2.05, 4.69) is 10.3 Å². The number of carbonyl (C=O) groups excluding carboxylic acids is 1. The lowest BCUT2D eigenvalue weighted by Gasteiger charge is -2.26. The summed E-state index contributed by atoms with van der Waals surface area (Å²) in [5, 5.41) is 12.8. The van der Waals surface area contributed by atoms with Gasteiger partial charge in [0.2, 0.25) is 5.91 Å². The molecule has 0 aliphatic heterocycles. The number of rotatable bonds is 5. The molecule has 0 spiro atoms. The highest BCUT2D eigenvalue weighted by Gasteiger charge is 2.57. The summed E-state index contributed by atoms with van der Waals surface area (Å²) in [6, 6.07) is 11.7. The van der Waals surface area contributed by atoms with E-state index < -0.39 is 17.8 Å². The zero-order valence-corrected chi connectivity index (χ0v) is 16.8. The number of carboxylic acid groups (broad SMARTS) is 1. The predicted octanol–water partition coefficient (Wildman–Crippen LogP) is 4.30. The van der Waals surface area contributed by atoms with Crippen molar-refractivity contribution >= 4 is 17.6 Å². The van der Waals surface area contributed by atoms with Crippen molar-refractivity contribution in [2.24, 2.45) is 23.7 Å². The first-order valence-electron chi connectivity index (χ1n) is 10.1. The minimum Gasteiger partial charge on any atom is -0.481 e. The number of hydrogen-bond donors (Lipinski definition) is 2. The molecule has 2 aromatic rings. The number of nitrogens with one attached hydrogen (secondary N) is 1. The molecule has 0 unspecified atom stereocenters. The van der Waals surface area contributed by atoms with E-state index in [9.17, 15) is 14.7 Å². The molecule has 1 amide bonds. The summed E-state index contributed by atoms with van der Waals surface area (Å²) in [6.45, 7) is 4.06. The van der Waals surface area contributed by atoms with Gasteiger partial charge in [-0.2, -0.15) is 0 Å². The normalized spacial score (nSPS) is 25.1. The van der Waals surface area contributed by atoms with Crippen LogP contribution in [0.5, 0.6) is 0 Å². The van der Waals surface area contributed by atoms with Crippen LogP contribution in [0.2, 0.25) is 0 Å². The topological polar surface area (TPSA) is 79.3 Å². The molecule has 5 heteroatoms. The second-order valence-electron chi connectivity index (χ2n) is 8.35. The van der Waals surface area contributed by atoms with E-state index in [-0.39, 0.29) is 17.7 Å². The third-order valence-electron chi connectivity index (χ3n) is 6.39. The molecular formula is C24H26N2O3. The Morgan fingerprint density at radius 1 is 0.966 bits per heavy atom. The van der Waals surface area contributed by atoms with Crippen molar-refractivity contribution < 1.29 is 14.7 Å². The second-order valence-corrected chi connectivity index (χ2v) is 8.35. The molecule has 4 rings (SSSR count). The van der Waals surface area contributed by atoms with E-state index in [0.29, 0.717) is 5.69 Å². The van der Waals surface area contributed by atoms with Crippen LogP contribution in [-0.4, -0.2) is 22.0 Å². The number of hydrogen-bond acceptors (Lipinski definition) is 3. The highest BCUT2D eigenvalue weighted by molar-refractivity contribution is 5.96. The van der Waals surface area contributed by atoms with Gasteiger partial charge in [0.25, 0.3) is 0 Å². The summed E-state index contributed by atoms with van der Waals surface area (Å²) in [6.07, 6.45) is 6.12. The Morgan fingerprint density at radius 3 is 2.14 bits per heavy atom. The smallest absolute Gasteiger partial charge is 0.307 e. The molecule has 150 valence electrons. The zero-order valence-electron chi connectivity index (χ0n) is 16.8. The number of benzene rings is 1. The summed E-state index contributed by atoms with van der Waals surface area (Å²) in [7, 11) is 0. The lowest BCUT2D eigenvalue weighted by atomic mass is 9.78. The standard InChI is InChI=1S/C24H26N2O3/c1-14(2)20-18-7-8-19(20)22(24(28)29)21(18)23(27)26-17-5-3-15(4-6-17)13-16-9-11-25-12-10-16/h3-6,9-12,18-19,21-22H,7-8,13H2,1-2H3,(H,26,27)(H,28,29)/t18-,19+,21-,22+/m1/s1. The molecule has 2 saturated carbocycles. The minimum atomic E-state index is -0.858. The molecule has 0 saturated heterocycles. The van der Waals surface area contributed by atoms with Gasteiger partial charge in [0.05, 0.1) is 11.8 Å². The maximum Gasteiger partial charge on any atom is 0.307 e. The van der Waals surface area contributed by atoms with Gasteiger partial charge in [-0.05, 0) is 80.3 Å². The van der Waals surface area contributed by atoms with Crippen molar-refractivity contribution in [3.8, 4) is 0 Å². The number of aromatic nitrogens is 1. The number of carboxylic acids is 1. The SMILES string of the molecule is CC(C)=C1[C@H]2CC[C@@H]1[C@H](C(=O)O)[C@@H]2C(=O)Nc1ccc(Cc2ccncc2)cc1. The summed E-state index contributed by atoms with van der Waals surface area (Å²) < 4.78 is 0. The summed E-state index contributed by atoms with van der Waals surface area (Å²) in [5.41, 5.74) is 5.39. The van der Waals surface area contributed by atoms with Crippen LogP contribution in [0, 0.1) is 23.7 Å². The van der Waals surface area contributed by atoms with Crippen LogP contribution < -0.4 is 5.32 Å². The molecule has 0 radical (unpaired) electrons. The maximum atomic E-state index is 13.1. The molecule has 4 atom stereocenters. The van der Waals surface area contributed by atoms with Crippen molar-refractivity contribution in [1.29, 1.82) is 0 Å². The van der Waals surface area contributed by atoms with Gasteiger partial charge in [-0.15, -0.1) is 0 Å². The first kappa shape index (κ1) is 19.4. The van der Waals surface area contributed by atoms with Crippen LogP contribution in [0.1, 0.15) is 37.8 Å². The molecule has 29 heavy (non-hydrogen) atoms. The quantitative estimate of drug-likeness (QED) is 0.746. The zero-order chi connectivity index (χ0) is 20.5. The number of carbonyl (C=O) groups is 2. The Kier molecular flexibility index (Phi) is 5.22. The lowest BCUT2D eigenvalue weighted by molar-refractivity contribution is -0.148. The van der Waals surface area contributed by atoms with Gasteiger partial charge in [0, 0.05) is 18.1 Å². The molecule has 2 aliphatic carbocycles. The number of amides is 1. The maximum absolute atomic E-state index is 13.1. The molecular weight excluding hydrogens is 364 g/mol. The number of pyridine rings is 1. The van der Waals surface area contributed by atoms with Crippen LogP contribution in [0.4, 0.5) is 5.69 Å². The van der Waals surface area contributed by atoms with Crippen LogP contribution in [0.25, 0.3) is 0 Å². The lowest BCUT2D eigenvalue weighted by Crippen LogP contribution is -2.37. The molecule has 2 fully saturated rings. The first-order valence-corrected chi connectivity index (χ1v) is 10.1. The summed E-state index contributed by atoms with van der Waals surface area (Å²) >= 11 is 0. The molecule has 1 aromatic heterocycles. The monoisotopic (exact) mass is 390 g/mol. The highest BCUT2D eigenvalue weighted by Crippen LogP contribution is 2.57. The Bertz CT molecular complexity index is 946. The van der Waals surface area contributed by atoms with Crippen molar-refractivity contribution in [3.05, 3.63) is 71.1 Å². The predicted molar refractivity (Wildman–Crippen MR) is 111 cm³/mol. The Balaban J connectivity index is 1.49. The van der Waals surface area contributed by atoms with Gasteiger partial charge in [0.1, 0.15) is 0 Å². The van der Waals surface area contributed by atoms with Crippen LogP contribution in [-0.2, 0) is 16.0 Å². The van der Waals surface area contributed by atoms with Crippen molar-refractivity contribution in [1.82, 2.24) is 4.98 Å². The Labute approximate surface area is 170 Å². The fourth-order valence-corrected chi connectivity index (χ4v) is 5.27. The van der Waals surface area contributed by atoms with Gasteiger partial charge in [-0.25, -0.2) is 0 Å². The van der Waals surface area contributed by atoms with Gasteiger partial charge in [-0.1, -0.05) is 23.3 Å². The van der Waals surface area contributed by atoms with Gasteiger partial charge in [-0.3, -0.25) is 14.6 Å². The van der Waals surface area contributed by atoms with E-state index in [4.69, 9.17) is 0 Å². The van der Waals surface area contributed by atoms with Crippen LogP contribution >= 0.6 is 0 Å². The van der Waals surface area contributed by atoms with Gasteiger partial charge < -0.3 is 10.4 Å². The van der Waals surface area contributed by atoms with E-state index in [1.54, 1.807) is 12.4 Å². The fraction of sp³-hybridized carbons (Fsp3) is 0.375. The van der Waals surface area contributed by atoms with E-state index in [0.717, 1.165) is 24.8 Å². The average Bonchev–Trinajstić information content (AvgIpc) is 3.27. The van der Waals surface area contributed by atoms with Gasteiger partial charge in [0.15, 0.2) is 0 Å². The largest absolute Gasteiger partial charge is 0.481 e. The van der Waals surface area contributed by atoms with Crippen LogP contribution in [0.3, 0.4) is 0 Å². The third kappa shape index (κ3) is 3.69. The number of aliphatic carboxylic acids is 1. The van der Waals surface area contributed by atoms with E-state index in [1.165, 1.54) is 16.7 Å². The average molecular weight is 390 g/mol. The molecule has 2 N–H and O–H groups in total. The summed E-state index contributed by atoms with van der Waals surface area (Å²) in [4.78, 5) is 29.0. The molecule has 2 bridgehead atoms. The third-order valence-corrected chi connectivity index (χ3v) is 6.39. The van der Waals surface area contributed by atoms with Crippen molar-refractivity contribution in [2.75, 3.05) is 5.32 Å². The number of anilines is 1. The fourth-order valence-electron chi connectivity index (χ4n) is 5.27. The first-order chi connectivity index (χ1) is 14.0. The Hall–Kier alpha value is -2.95. The van der Waals surface area contributed by atoms with Crippen molar-refractivity contribution in [2.45, 2.75) is 33.1 Å². The highest BCUT2D eigenvalue weighted by atomic mass is 16.4.